The van der Waals surface area contributed by atoms with Gasteiger partial charge in [-0.15, -0.1) is 0 Å². The molecule has 16 heavy (non-hydrogen) atoms. The molecule has 0 aliphatic carbocycles. The van der Waals surface area contributed by atoms with Crippen LogP contribution in [0.25, 0.3) is 0 Å². The molecule has 0 radical (unpaired) electrons. The number of hydrogen-bond donors (Lipinski definition) is 1. The molecule has 1 N–H and O–H groups in total. The van der Waals surface area contributed by atoms with Crippen molar-refractivity contribution in [2.75, 3.05) is 16.8 Å². The summed E-state index contributed by atoms with van der Waals surface area (Å²) < 4.78 is 4.33. The third-order valence-corrected chi connectivity index (χ3v) is 3.82. The van der Waals surface area contributed by atoms with Crippen molar-refractivity contribution >= 4 is 28.4 Å². The average Bonchev–Trinajstić information content (AvgIpc) is 2.66. The number of rotatable bonds is 7. The summed E-state index contributed by atoms with van der Waals surface area (Å²) in [5, 5.41) is 4.36. The van der Waals surface area contributed by atoms with Gasteiger partial charge in [-0.05, 0) is 24.9 Å². The molecule has 92 valence electrons. The van der Waals surface area contributed by atoms with Crippen molar-refractivity contribution < 1.29 is 0 Å². The van der Waals surface area contributed by atoms with Gasteiger partial charge in [-0.3, -0.25) is 0 Å². The van der Waals surface area contributed by atoms with Gasteiger partial charge in [-0.25, -0.2) is 4.98 Å². The van der Waals surface area contributed by atoms with Crippen LogP contribution < -0.4 is 5.32 Å². The maximum Gasteiger partial charge on any atom is 0.202 e. The normalized spacial score (nSPS) is 13.1. The summed E-state index contributed by atoms with van der Waals surface area (Å²) in [5.41, 5.74) is 0. The van der Waals surface area contributed by atoms with Crippen molar-refractivity contribution in [3.05, 3.63) is 5.82 Å². The first-order valence-corrected chi connectivity index (χ1v) is 7.74. The van der Waals surface area contributed by atoms with E-state index in [0.717, 1.165) is 11.0 Å². The second kappa shape index (κ2) is 7.12. The van der Waals surface area contributed by atoms with Gasteiger partial charge in [0, 0.05) is 23.5 Å². The first-order valence-electron chi connectivity index (χ1n) is 5.81. The quantitative estimate of drug-likeness (QED) is 0.759. The number of hydrogen-bond acceptors (Lipinski definition) is 5. The molecule has 0 bridgehead atoms. The Morgan fingerprint density at radius 2 is 2.12 bits per heavy atom. The Morgan fingerprint density at radius 1 is 1.38 bits per heavy atom. The highest BCUT2D eigenvalue weighted by Crippen LogP contribution is 2.18. The van der Waals surface area contributed by atoms with Gasteiger partial charge in [-0.2, -0.15) is 16.1 Å². The molecule has 1 heterocycles. The summed E-state index contributed by atoms with van der Waals surface area (Å²) in [4.78, 5) is 4.47. The Bertz CT molecular complexity index is 299. The summed E-state index contributed by atoms with van der Waals surface area (Å²) >= 11 is 3.45. The van der Waals surface area contributed by atoms with Crippen molar-refractivity contribution in [2.24, 2.45) is 0 Å². The largest absolute Gasteiger partial charge is 0.358 e. The van der Waals surface area contributed by atoms with Gasteiger partial charge in [0.2, 0.25) is 5.13 Å². The topological polar surface area (TPSA) is 37.8 Å². The van der Waals surface area contributed by atoms with E-state index in [1.54, 1.807) is 0 Å². The van der Waals surface area contributed by atoms with Crippen LogP contribution in [0.15, 0.2) is 0 Å². The molecule has 0 saturated heterocycles. The number of thioether (sulfide) groups is 1. The van der Waals surface area contributed by atoms with Crippen molar-refractivity contribution in [2.45, 2.75) is 46.1 Å². The fraction of sp³-hybridized carbons (Fsp3) is 0.818. The molecule has 1 aromatic heterocycles. The van der Waals surface area contributed by atoms with E-state index < -0.39 is 0 Å². The van der Waals surface area contributed by atoms with Crippen LogP contribution in [-0.4, -0.2) is 26.9 Å². The molecule has 0 spiro atoms. The van der Waals surface area contributed by atoms with Crippen molar-refractivity contribution in [3.8, 4) is 0 Å². The Balaban J connectivity index is 2.34. The Labute approximate surface area is 107 Å². The van der Waals surface area contributed by atoms with Crippen LogP contribution in [0.5, 0.6) is 0 Å². The predicted molar refractivity (Wildman–Crippen MR) is 74.7 cm³/mol. The van der Waals surface area contributed by atoms with E-state index in [2.05, 4.69) is 42.4 Å². The lowest BCUT2D eigenvalue weighted by molar-refractivity contribution is 0.762. The van der Waals surface area contributed by atoms with E-state index in [1.807, 2.05) is 11.8 Å². The van der Waals surface area contributed by atoms with Gasteiger partial charge in [0.1, 0.15) is 5.82 Å². The van der Waals surface area contributed by atoms with Crippen LogP contribution in [0.2, 0.25) is 0 Å². The lowest BCUT2D eigenvalue weighted by Gasteiger charge is -2.11. The SMILES string of the molecule is CCSCCC(C)Nc1nc(C(C)C)ns1. The van der Waals surface area contributed by atoms with Crippen molar-refractivity contribution in [1.82, 2.24) is 9.36 Å². The minimum absolute atomic E-state index is 0.415. The van der Waals surface area contributed by atoms with Gasteiger partial charge in [0.15, 0.2) is 0 Å². The van der Waals surface area contributed by atoms with Crippen molar-refractivity contribution in [3.63, 3.8) is 0 Å². The third kappa shape index (κ3) is 4.70. The second-order valence-electron chi connectivity index (χ2n) is 4.14. The molecule has 3 nitrogen and oxygen atoms in total. The van der Waals surface area contributed by atoms with Gasteiger partial charge in [-0.1, -0.05) is 20.8 Å². The van der Waals surface area contributed by atoms with E-state index >= 15 is 0 Å². The molecule has 0 saturated carbocycles. The highest BCUT2D eigenvalue weighted by atomic mass is 32.2. The van der Waals surface area contributed by atoms with E-state index in [-0.39, 0.29) is 0 Å². The number of anilines is 1. The number of nitrogens with zero attached hydrogens (tertiary/aromatic N) is 2. The molecule has 1 unspecified atom stereocenters. The second-order valence-corrected chi connectivity index (χ2v) is 6.29. The van der Waals surface area contributed by atoms with Crippen LogP contribution in [0.1, 0.15) is 45.9 Å². The molecule has 0 fully saturated rings. The molecule has 0 aliphatic heterocycles. The van der Waals surface area contributed by atoms with Crippen LogP contribution in [-0.2, 0) is 0 Å². The molecule has 0 amide bonds. The molecule has 1 atom stereocenters. The minimum Gasteiger partial charge on any atom is -0.358 e. The predicted octanol–water partition coefficient (Wildman–Crippen LogP) is 3.61. The molecule has 1 aromatic rings. The summed E-state index contributed by atoms with van der Waals surface area (Å²) in [6.45, 7) is 8.63. The van der Waals surface area contributed by atoms with Crippen LogP contribution >= 0.6 is 23.3 Å². The van der Waals surface area contributed by atoms with Crippen LogP contribution in [0.4, 0.5) is 5.13 Å². The number of nitrogens with one attached hydrogen (secondary N) is 1. The van der Waals surface area contributed by atoms with Gasteiger partial charge >= 0.3 is 0 Å². The minimum atomic E-state index is 0.415. The molecule has 5 heteroatoms. The Hall–Kier alpha value is -0.290. The maximum atomic E-state index is 4.47. The molecule has 1 rings (SSSR count). The van der Waals surface area contributed by atoms with Gasteiger partial charge < -0.3 is 5.32 Å². The summed E-state index contributed by atoms with van der Waals surface area (Å²) in [6, 6.07) is 0.479. The van der Waals surface area contributed by atoms with E-state index in [1.165, 1.54) is 29.5 Å². The molecule has 0 aliphatic rings. The zero-order chi connectivity index (χ0) is 12.0. The van der Waals surface area contributed by atoms with Gasteiger partial charge in [0.05, 0.1) is 0 Å². The fourth-order valence-electron chi connectivity index (χ4n) is 1.22. The first-order chi connectivity index (χ1) is 7.63. The monoisotopic (exact) mass is 259 g/mol. The molecular formula is C11H21N3S2. The maximum absolute atomic E-state index is 4.47. The fourth-order valence-corrected chi connectivity index (χ4v) is 2.84. The van der Waals surface area contributed by atoms with E-state index in [9.17, 15) is 0 Å². The smallest absolute Gasteiger partial charge is 0.202 e. The van der Waals surface area contributed by atoms with Crippen LogP contribution in [0, 0.1) is 0 Å². The lowest BCUT2D eigenvalue weighted by Crippen LogP contribution is -2.15. The molecular weight excluding hydrogens is 238 g/mol. The zero-order valence-electron chi connectivity index (χ0n) is 10.5. The first kappa shape index (κ1) is 13.8. The number of aromatic nitrogens is 2. The Kier molecular flexibility index (Phi) is 6.13. The average molecular weight is 259 g/mol. The van der Waals surface area contributed by atoms with Crippen molar-refractivity contribution in [1.29, 1.82) is 0 Å². The van der Waals surface area contributed by atoms with E-state index in [0.29, 0.717) is 12.0 Å². The van der Waals surface area contributed by atoms with Crippen LogP contribution in [0.3, 0.4) is 0 Å². The molecule has 0 aromatic carbocycles. The zero-order valence-corrected chi connectivity index (χ0v) is 12.1. The summed E-state index contributed by atoms with van der Waals surface area (Å²) in [6.07, 6.45) is 1.18. The lowest BCUT2D eigenvalue weighted by atomic mass is 10.2. The summed E-state index contributed by atoms with van der Waals surface area (Å²) in [5.74, 6) is 3.77. The highest BCUT2D eigenvalue weighted by molar-refractivity contribution is 7.99. The highest BCUT2D eigenvalue weighted by Gasteiger charge is 2.09. The Morgan fingerprint density at radius 3 is 2.69 bits per heavy atom. The van der Waals surface area contributed by atoms with E-state index in [4.69, 9.17) is 0 Å². The van der Waals surface area contributed by atoms with Gasteiger partial charge in [0.25, 0.3) is 0 Å². The summed E-state index contributed by atoms with van der Waals surface area (Å²) in [7, 11) is 0. The third-order valence-electron chi connectivity index (χ3n) is 2.23. The standard InChI is InChI=1S/C11H21N3S2/c1-5-15-7-6-9(4)12-11-13-10(8(2)3)14-16-11/h8-9H,5-7H2,1-4H3,(H,12,13,14).